The average Bonchev–Trinajstić information content (AvgIpc) is 2.76. The van der Waals surface area contributed by atoms with Crippen LogP contribution in [0.4, 0.5) is 0 Å². The molecule has 0 amide bonds. The maximum absolute atomic E-state index is 5.94. The molecule has 2 rings (SSSR count). The number of benzene rings is 1. The normalized spacial score (nSPS) is 15.1. The van der Waals surface area contributed by atoms with Crippen molar-refractivity contribution in [1.82, 2.24) is 9.55 Å². The number of para-hydroxylation sites is 2. The van der Waals surface area contributed by atoms with Crippen molar-refractivity contribution in [2.45, 2.75) is 39.2 Å². The van der Waals surface area contributed by atoms with E-state index < -0.39 is 0 Å². The fourth-order valence-corrected chi connectivity index (χ4v) is 2.25. The first kappa shape index (κ1) is 12.1. The van der Waals surface area contributed by atoms with Crippen molar-refractivity contribution in [1.29, 1.82) is 0 Å². The Labute approximate surface area is 103 Å². The van der Waals surface area contributed by atoms with E-state index in [2.05, 4.69) is 43.5 Å². The number of aromatic nitrogens is 2. The minimum absolute atomic E-state index is 0.0327. The van der Waals surface area contributed by atoms with Crippen LogP contribution < -0.4 is 5.73 Å². The van der Waals surface area contributed by atoms with Gasteiger partial charge in [-0.15, -0.1) is 0 Å². The highest BCUT2D eigenvalue weighted by molar-refractivity contribution is 5.76. The SMILES string of the molecule is CCn1c(C(C)(CC)CN)nc2ccccc21. The highest BCUT2D eigenvalue weighted by Crippen LogP contribution is 2.28. The molecule has 0 saturated heterocycles. The molecule has 1 heterocycles. The lowest BCUT2D eigenvalue weighted by atomic mass is 9.86. The molecule has 0 saturated carbocycles. The molecule has 1 aromatic carbocycles. The van der Waals surface area contributed by atoms with Crippen LogP contribution in [0, 0.1) is 0 Å². The maximum atomic E-state index is 5.94. The third-order valence-corrected chi connectivity index (χ3v) is 3.74. The summed E-state index contributed by atoms with van der Waals surface area (Å²) >= 11 is 0. The summed E-state index contributed by atoms with van der Waals surface area (Å²) in [5.41, 5.74) is 8.18. The molecular weight excluding hydrogens is 210 g/mol. The Morgan fingerprint density at radius 1 is 1.29 bits per heavy atom. The van der Waals surface area contributed by atoms with Crippen molar-refractivity contribution in [3.05, 3.63) is 30.1 Å². The van der Waals surface area contributed by atoms with Crippen LogP contribution in [-0.4, -0.2) is 16.1 Å². The van der Waals surface area contributed by atoms with Crippen molar-refractivity contribution >= 4 is 11.0 Å². The van der Waals surface area contributed by atoms with E-state index >= 15 is 0 Å². The van der Waals surface area contributed by atoms with E-state index in [1.165, 1.54) is 5.52 Å². The van der Waals surface area contributed by atoms with Crippen LogP contribution in [0.3, 0.4) is 0 Å². The van der Waals surface area contributed by atoms with Crippen LogP contribution in [0.2, 0.25) is 0 Å². The van der Waals surface area contributed by atoms with E-state index in [-0.39, 0.29) is 5.41 Å². The third-order valence-electron chi connectivity index (χ3n) is 3.74. The van der Waals surface area contributed by atoms with Gasteiger partial charge in [-0.1, -0.05) is 26.0 Å². The predicted molar refractivity (Wildman–Crippen MR) is 72.1 cm³/mol. The lowest BCUT2D eigenvalue weighted by Gasteiger charge is -2.26. The van der Waals surface area contributed by atoms with Crippen molar-refractivity contribution in [3.63, 3.8) is 0 Å². The number of imidazole rings is 1. The molecule has 17 heavy (non-hydrogen) atoms. The molecule has 0 aliphatic heterocycles. The molecule has 2 aromatic rings. The molecule has 0 radical (unpaired) electrons. The minimum atomic E-state index is -0.0327. The zero-order valence-electron chi connectivity index (χ0n) is 10.9. The molecule has 3 heteroatoms. The fourth-order valence-electron chi connectivity index (χ4n) is 2.25. The number of hydrogen-bond donors (Lipinski definition) is 1. The van der Waals surface area contributed by atoms with E-state index in [4.69, 9.17) is 10.7 Å². The molecule has 3 nitrogen and oxygen atoms in total. The van der Waals surface area contributed by atoms with Gasteiger partial charge in [0, 0.05) is 18.5 Å². The Hall–Kier alpha value is -1.35. The first-order valence-electron chi connectivity index (χ1n) is 6.32. The van der Waals surface area contributed by atoms with Crippen molar-refractivity contribution in [3.8, 4) is 0 Å². The van der Waals surface area contributed by atoms with Crippen LogP contribution in [0.25, 0.3) is 11.0 Å². The summed E-state index contributed by atoms with van der Waals surface area (Å²) in [5, 5.41) is 0. The number of nitrogens with zero attached hydrogens (tertiary/aromatic N) is 2. The standard InChI is InChI=1S/C14H21N3/c1-4-14(3,10-15)13-16-11-8-6-7-9-12(11)17(13)5-2/h6-9H,4-5,10,15H2,1-3H3. The number of nitrogens with two attached hydrogens (primary N) is 1. The quantitative estimate of drug-likeness (QED) is 0.879. The van der Waals surface area contributed by atoms with Crippen molar-refractivity contribution in [2.75, 3.05) is 6.54 Å². The van der Waals surface area contributed by atoms with E-state index in [9.17, 15) is 0 Å². The Morgan fingerprint density at radius 2 is 2.00 bits per heavy atom. The zero-order chi connectivity index (χ0) is 12.5. The third kappa shape index (κ3) is 1.84. The maximum Gasteiger partial charge on any atom is 0.117 e. The van der Waals surface area contributed by atoms with Gasteiger partial charge in [-0.2, -0.15) is 0 Å². The summed E-state index contributed by atoms with van der Waals surface area (Å²) in [6, 6.07) is 8.29. The Balaban J connectivity index is 2.68. The van der Waals surface area contributed by atoms with Gasteiger partial charge in [0.1, 0.15) is 5.82 Å². The smallest absolute Gasteiger partial charge is 0.117 e. The van der Waals surface area contributed by atoms with E-state index in [1.807, 2.05) is 6.07 Å². The van der Waals surface area contributed by atoms with E-state index in [0.717, 1.165) is 24.3 Å². The second-order valence-corrected chi connectivity index (χ2v) is 4.79. The van der Waals surface area contributed by atoms with Gasteiger partial charge in [-0.05, 0) is 25.5 Å². The number of rotatable bonds is 4. The first-order chi connectivity index (χ1) is 8.16. The molecule has 1 atom stereocenters. The Kier molecular flexibility index (Phi) is 3.20. The topological polar surface area (TPSA) is 43.8 Å². The van der Waals surface area contributed by atoms with Crippen molar-refractivity contribution in [2.24, 2.45) is 5.73 Å². The fraction of sp³-hybridized carbons (Fsp3) is 0.500. The van der Waals surface area contributed by atoms with Crippen LogP contribution in [0.15, 0.2) is 24.3 Å². The van der Waals surface area contributed by atoms with Gasteiger partial charge in [0.2, 0.25) is 0 Å². The summed E-state index contributed by atoms with van der Waals surface area (Å²) in [5.74, 6) is 1.12. The van der Waals surface area contributed by atoms with Gasteiger partial charge in [0.05, 0.1) is 11.0 Å². The predicted octanol–water partition coefficient (Wildman–Crippen LogP) is 2.68. The van der Waals surface area contributed by atoms with Gasteiger partial charge in [-0.25, -0.2) is 4.98 Å². The molecule has 0 fully saturated rings. The van der Waals surface area contributed by atoms with Crippen LogP contribution in [0.1, 0.15) is 33.0 Å². The summed E-state index contributed by atoms with van der Waals surface area (Å²) < 4.78 is 2.28. The number of fused-ring (bicyclic) bond motifs is 1. The van der Waals surface area contributed by atoms with Crippen molar-refractivity contribution < 1.29 is 0 Å². The van der Waals surface area contributed by atoms with Gasteiger partial charge in [-0.3, -0.25) is 0 Å². The van der Waals surface area contributed by atoms with Gasteiger partial charge in [0.25, 0.3) is 0 Å². The molecule has 0 aliphatic rings. The summed E-state index contributed by atoms with van der Waals surface area (Å²) in [6.07, 6.45) is 1.01. The second-order valence-electron chi connectivity index (χ2n) is 4.79. The molecule has 2 N–H and O–H groups in total. The monoisotopic (exact) mass is 231 g/mol. The van der Waals surface area contributed by atoms with Crippen LogP contribution in [0.5, 0.6) is 0 Å². The summed E-state index contributed by atoms with van der Waals surface area (Å²) in [6.45, 7) is 8.09. The van der Waals surface area contributed by atoms with Crippen LogP contribution >= 0.6 is 0 Å². The summed E-state index contributed by atoms with van der Waals surface area (Å²) in [4.78, 5) is 4.78. The molecule has 1 aromatic heterocycles. The molecular formula is C14H21N3. The zero-order valence-corrected chi connectivity index (χ0v) is 10.9. The van der Waals surface area contributed by atoms with Gasteiger partial charge in [0.15, 0.2) is 0 Å². The minimum Gasteiger partial charge on any atom is -0.329 e. The van der Waals surface area contributed by atoms with Crippen LogP contribution in [-0.2, 0) is 12.0 Å². The highest BCUT2D eigenvalue weighted by Gasteiger charge is 2.28. The first-order valence-corrected chi connectivity index (χ1v) is 6.32. The van der Waals surface area contributed by atoms with Gasteiger partial charge >= 0.3 is 0 Å². The molecule has 1 unspecified atom stereocenters. The molecule has 0 bridgehead atoms. The molecule has 92 valence electrons. The molecule has 0 aliphatic carbocycles. The van der Waals surface area contributed by atoms with E-state index in [1.54, 1.807) is 0 Å². The Bertz CT molecular complexity index is 509. The second kappa shape index (κ2) is 4.49. The Morgan fingerprint density at radius 3 is 2.59 bits per heavy atom. The summed E-state index contributed by atoms with van der Waals surface area (Å²) in [7, 11) is 0. The molecule has 0 spiro atoms. The van der Waals surface area contributed by atoms with Gasteiger partial charge < -0.3 is 10.3 Å². The average molecular weight is 231 g/mol. The largest absolute Gasteiger partial charge is 0.329 e. The highest BCUT2D eigenvalue weighted by atomic mass is 15.1. The lowest BCUT2D eigenvalue weighted by molar-refractivity contribution is 0.420. The number of aryl methyl sites for hydroxylation is 1. The lowest BCUT2D eigenvalue weighted by Crippen LogP contribution is -2.34. The number of hydrogen-bond acceptors (Lipinski definition) is 2. The van der Waals surface area contributed by atoms with E-state index in [0.29, 0.717) is 6.54 Å².